The van der Waals surface area contributed by atoms with Crippen molar-refractivity contribution in [2.75, 3.05) is 0 Å². The zero-order valence-electron chi connectivity index (χ0n) is 8.41. The van der Waals surface area contributed by atoms with Crippen LogP contribution in [0, 0.1) is 6.92 Å². The van der Waals surface area contributed by atoms with Crippen LogP contribution < -0.4 is 0 Å². The van der Waals surface area contributed by atoms with Gasteiger partial charge in [0.15, 0.2) is 0 Å². The van der Waals surface area contributed by atoms with Gasteiger partial charge in [0, 0.05) is 13.2 Å². The third kappa shape index (κ3) is 2.08. The van der Waals surface area contributed by atoms with Crippen LogP contribution in [0.5, 0.6) is 0 Å². The van der Waals surface area contributed by atoms with Gasteiger partial charge in [0.05, 0.1) is 23.0 Å². The molecule has 0 aliphatic carbocycles. The molecule has 2 aromatic heterocycles. The van der Waals surface area contributed by atoms with Crippen LogP contribution in [0.15, 0.2) is 16.9 Å². The van der Waals surface area contributed by atoms with Crippen molar-refractivity contribution in [3.05, 3.63) is 33.3 Å². The Kier molecular flexibility index (Phi) is 2.84. The van der Waals surface area contributed by atoms with Gasteiger partial charge in [-0.2, -0.15) is 10.2 Å². The highest BCUT2D eigenvalue weighted by molar-refractivity contribution is 9.10. The summed E-state index contributed by atoms with van der Waals surface area (Å²) in [4.78, 5) is 0. The van der Waals surface area contributed by atoms with Crippen LogP contribution in [0.1, 0.15) is 11.4 Å². The number of halogens is 2. The van der Waals surface area contributed by atoms with Crippen LogP contribution in [0.4, 0.5) is 0 Å². The van der Waals surface area contributed by atoms with Gasteiger partial charge >= 0.3 is 0 Å². The fraction of sp³-hybridized carbons (Fsp3) is 0.333. The molecule has 0 amide bonds. The highest BCUT2D eigenvalue weighted by Crippen LogP contribution is 2.20. The molecule has 0 aliphatic heterocycles. The van der Waals surface area contributed by atoms with Crippen LogP contribution in [-0.4, -0.2) is 19.6 Å². The molecule has 0 unspecified atom stereocenters. The number of aromatic nitrogens is 4. The van der Waals surface area contributed by atoms with Gasteiger partial charge < -0.3 is 0 Å². The van der Waals surface area contributed by atoms with E-state index in [1.54, 1.807) is 4.68 Å². The minimum atomic E-state index is 0.627. The molecule has 0 saturated carbocycles. The van der Waals surface area contributed by atoms with Crippen molar-refractivity contribution in [3.8, 4) is 0 Å². The third-order valence-corrected chi connectivity index (χ3v) is 3.10. The lowest BCUT2D eigenvalue weighted by Crippen LogP contribution is -2.06. The largest absolute Gasteiger partial charge is 0.269 e. The van der Waals surface area contributed by atoms with Gasteiger partial charge in [0.1, 0.15) is 4.60 Å². The Bertz CT molecular complexity index is 488. The van der Waals surface area contributed by atoms with Gasteiger partial charge in [-0.25, -0.2) is 0 Å². The first kappa shape index (κ1) is 10.7. The number of hydrogen-bond donors (Lipinski definition) is 0. The molecule has 2 rings (SSSR count). The number of rotatable bonds is 2. The lowest BCUT2D eigenvalue weighted by Gasteiger charge is -2.02. The second kappa shape index (κ2) is 3.98. The smallest absolute Gasteiger partial charge is 0.128 e. The first-order valence-electron chi connectivity index (χ1n) is 4.45. The Morgan fingerprint density at radius 2 is 2.20 bits per heavy atom. The number of aryl methyl sites for hydroxylation is 2. The molecule has 80 valence electrons. The van der Waals surface area contributed by atoms with E-state index in [4.69, 9.17) is 11.6 Å². The van der Waals surface area contributed by atoms with Crippen LogP contribution >= 0.6 is 27.5 Å². The summed E-state index contributed by atoms with van der Waals surface area (Å²) in [6, 6.07) is 1.89. The van der Waals surface area contributed by atoms with E-state index in [9.17, 15) is 0 Å². The summed E-state index contributed by atoms with van der Waals surface area (Å²) in [5.74, 6) is 0. The van der Waals surface area contributed by atoms with E-state index in [0.717, 1.165) is 16.0 Å². The molecule has 0 atom stereocenters. The molecule has 0 fully saturated rings. The van der Waals surface area contributed by atoms with Crippen LogP contribution in [0.2, 0.25) is 5.02 Å². The topological polar surface area (TPSA) is 35.6 Å². The summed E-state index contributed by atoms with van der Waals surface area (Å²) in [6.45, 7) is 2.52. The Balaban J connectivity index is 2.31. The molecule has 2 aromatic rings. The molecule has 0 bridgehead atoms. The van der Waals surface area contributed by atoms with Gasteiger partial charge in [-0.3, -0.25) is 9.36 Å². The maximum absolute atomic E-state index is 6.13. The Morgan fingerprint density at radius 1 is 1.47 bits per heavy atom. The molecule has 0 saturated heterocycles. The first-order chi connectivity index (χ1) is 7.08. The summed E-state index contributed by atoms with van der Waals surface area (Å²) in [5.41, 5.74) is 1.81. The predicted molar refractivity (Wildman–Crippen MR) is 62.0 cm³/mol. The zero-order valence-corrected chi connectivity index (χ0v) is 10.7. The van der Waals surface area contributed by atoms with E-state index in [0.29, 0.717) is 11.6 Å². The molecule has 4 nitrogen and oxygen atoms in total. The van der Waals surface area contributed by atoms with Crippen LogP contribution in [0.25, 0.3) is 0 Å². The molecule has 0 aromatic carbocycles. The first-order valence-corrected chi connectivity index (χ1v) is 5.62. The van der Waals surface area contributed by atoms with Crippen molar-refractivity contribution < 1.29 is 0 Å². The van der Waals surface area contributed by atoms with Crippen molar-refractivity contribution >= 4 is 27.5 Å². The summed E-state index contributed by atoms with van der Waals surface area (Å²) < 4.78 is 4.41. The van der Waals surface area contributed by atoms with E-state index in [-0.39, 0.29) is 0 Å². The third-order valence-electron chi connectivity index (χ3n) is 2.18. The maximum Gasteiger partial charge on any atom is 0.128 e. The fourth-order valence-electron chi connectivity index (χ4n) is 1.43. The van der Waals surface area contributed by atoms with Crippen LogP contribution in [0.3, 0.4) is 0 Å². The van der Waals surface area contributed by atoms with Crippen molar-refractivity contribution in [1.29, 1.82) is 0 Å². The lowest BCUT2D eigenvalue weighted by atomic mass is 10.3. The molecular weight excluding hydrogens is 279 g/mol. The molecular formula is C9H10BrClN4. The minimum absolute atomic E-state index is 0.627. The standard InChI is InChI=1S/C9H10BrClN4/c1-6-9(11)7(14(2)12-6)5-15-4-3-8(10)13-15/h3-4H,5H2,1-2H3. The maximum atomic E-state index is 6.13. The summed E-state index contributed by atoms with van der Waals surface area (Å²) in [7, 11) is 1.88. The SMILES string of the molecule is Cc1nn(C)c(Cn2ccc(Br)n2)c1Cl. The summed E-state index contributed by atoms with van der Waals surface area (Å²) in [6.07, 6.45) is 1.89. The second-order valence-corrected chi connectivity index (χ2v) is 4.50. The van der Waals surface area contributed by atoms with Gasteiger partial charge in [-0.05, 0) is 28.9 Å². The Morgan fingerprint density at radius 3 is 2.67 bits per heavy atom. The quantitative estimate of drug-likeness (QED) is 0.851. The van der Waals surface area contributed by atoms with Gasteiger partial charge in [-0.1, -0.05) is 11.6 Å². The molecule has 0 radical (unpaired) electrons. The summed E-state index contributed by atoms with van der Waals surface area (Å²) >= 11 is 9.43. The van der Waals surface area contributed by atoms with Gasteiger partial charge in [0.2, 0.25) is 0 Å². The second-order valence-electron chi connectivity index (χ2n) is 3.31. The van der Waals surface area contributed by atoms with E-state index in [1.807, 2.05) is 30.9 Å². The molecule has 15 heavy (non-hydrogen) atoms. The lowest BCUT2D eigenvalue weighted by molar-refractivity contribution is 0.616. The average molecular weight is 290 g/mol. The monoisotopic (exact) mass is 288 g/mol. The highest BCUT2D eigenvalue weighted by atomic mass is 79.9. The number of hydrogen-bond acceptors (Lipinski definition) is 2. The Hall–Kier alpha value is -0.810. The van der Waals surface area contributed by atoms with Gasteiger partial charge in [0.25, 0.3) is 0 Å². The van der Waals surface area contributed by atoms with E-state index in [2.05, 4.69) is 26.1 Å². The van der Waals surface area contributed by atoms with Gasteiger partial charge in [-0.15, -0.1) is 0 Å². The fourth-order valence-corrected chi connectivity index (χ4v) is 1.97. The van der Waals surface area contributed by atoms with Crippen LogP contribution in [-0.2, 0) is 13.6 Å². The molecule has 0 N–H and O–H groups in total. The normalized spacial score (nSPS) is 10.9. The van der Waals surface area contributed by atoms with Crippen molar-refractivity contribution in [2.45, 2.75) is 13.5 Å². The zero-order chi connectivity index (χ0) is 11.0. The average Bonchev–Trinajstić information content (AvgIpc) is 2.67. The van der Waals surface area contributed by atoms with Crippen molar-refractivity contribution in [2.24, 2.45) is 7.05 Å². The molecule has 6 heteroatoms. The predicted octanol–water partition coefficient (Wildman–Crippen LogP) is 2.39. The number of nitrogens with zero attached hydrogens (tertiary/aromatic N) is 4. The van der Waals surface area contributed by atoms with Crippen molar-refractivity contribution in [1.82, 2.24) is 19.6 Å². The van der Waals surface area contributed by atoms with E-state index >= 15 is 0 Å². The summed E-state index contributed by atoms with van der Waals surface area (Å²) in [5, 5.41) is 9.19. The highest BCUT2D eigenvalue weighted by Gasteiger charge is 2.11. The van der Waals surface area contributed by atoms with E-state index in [1.165, 1.54) is 0 Å². The molecule has 2 heterocycles. The minimum Gasteiger partial charge on any atom is -0.269 e. The molecule has 0 spiro atoms. The molecule has 0 aliphatic rings. The van der Waals surface area contributed by atoms with E-state index < -0.39 is 0 Å². The Labute approximate surface area is 101 Å². The van der Waals surface area contributed by atoms with Crippen molar-refractivity contribution in [3.63, 3.8) is 0 Å².